The molecule has 3 aromatic rings. The van der Waals surface area contributed by atoms with Crippen molar-refractivity contribution in [2.24, 2.45) is 10.7 Å². The molecule has 4 heterocycles. The predicted molar refractivity (Wildman–Crippen MR) is 106 cm³/mol. The van der Waals surface area contributed by atoms with Crippen LogP contribution in [-0.2, 0) is 10.3 Å². The summed E-state index contributed by atoms with van der Waals surface area (Å²) in [5.41, 5.74) is 7.77. The van der Waals surface area contributed by atoms with Crippen LogP contribution in [0.25, 0.3) is 5.65 Å². The van der Waals surface area contributed by atoms with E-state index in [-0.39, 0.29) is 29.9 Å². The van der Waals surface area contributed by atoms with Crippen molar-refractivity contribution < 1.29 is 9.59 Å². The molecule has 0 spiro atoms. The van der Waals surface area contributed by atoms with Crippen LogP contribution in [-0.4, -0.2) is 49.1 Å². The van der Waals surface area contributed by atoms with Crippen molar-refractivity contribution in [3.8, 4) is 0 Å². The van der Waals surface area contributed by atoms with Crippen molar-refractivity contribution in [1.82, 2.24) is 24.3 Å². The quantitative estimate of drug-likeness (QED) is 0.686. The van der Waals surface area contributed by atoms with Crippen LogP contribution in [0.5, 0.6) is 0 Å². The number of nitrogens with zero attached hydrogens (tertiary/aromatic N) is 6. The third-order valence-electron chi connectivity index (χ3n) is 4.84. The lowest BCUT2D eigenvalue weighted by Gasteiger charge is -2.32. The number of anilines is 1. The van der Waals surface area contributed by atoms with E-state index < -0.39 is 5.54 Å². The van der Waals surface area contributed by atoms with E-state index in [4.69, 9.17) is 5.73 Å². The Bertz CT molecular complexity index is 1170. The number of aliphatic imine (C=N–C) groups is 1. The van der Waals surface area contributed by atoms with Gasteiger partial charge in [0.05, 0.1) is 24.0 Å². The summed E-state index contributed by atoms with van der Waals surface area (Å²) in [6.45, 7) is 3.66. The molecular formula is C19H20N8O2. The molecule has 0 fully saturated rings. The monoisotopic (exact) mass is 392 g/mol. The van der Waals surface area contributed by atoms with Crippen molar-refractivity contribution in [3.05, 3.63) is 54.0 Å². The van der Waals surface area contributed by atoms with E-state index in [9.17, 15) is 9.59 Å². The van der Waals surface area contributed by atoms with Gasteiger partial charge in [0.15, 0.2) is 11.6 Å². The molecule has 3 N–H and O–H groups in total. The summed E-state index contributed by atoms with van der Waals surface area (Å²) in [7, 11) is 1.58. The molecule has 29 heavy (non-hydrogen) atoms. The van der Waals surface area contributed by atoms with Crippen LogP contribution >= 0.6 is 0 Å². The molecule has 10 heteroatoms. The molecule has 3 aromatic heterocycles. The minimum Gasteiger partial charge on any atom is -0.369 e. The van der Waals surface area contributed by atoms with E-state index in [2.05, 4.69) is 25.3 Å². The number of amides is 2. The molecule has 1 atom stereocenters. The van der Waals surface area contributed by atoms with E-state index in [0.717, 1.165) is 5.69 Å². The molecule has 0 aliphatic carbocycles. The molecule has 2 amide bonds. The number of carbonyl (C=O) groups excluding carboxylic acids is 2. The number of aryl methyl sites for hydroxylation is 1. The van der Waals surface area contributed by atoms with Gasteiger partial charge in [-0.05, 0) is 26.0 Å². The number of pyridine rings is 1. The van der Waals surface area contributed by atoms with Gasteiger partial charge in [0, 0.05) is 31.3 Å². The first-order chi connectivity index (χ1) is 13.7. The topological polar surface area (TPSA) is 131 Å². The second-order valence-electron chi connectivity index (χ2n) is 7.18. The van der Waals surface area contributed by atoms with Gasteiger partial charge in [0.1, 0.15) is 11.2 Å². The van der Waals surface area contributed by atoms with Crippen LogP contribution in [0.15, 0.2) is 41.9 Å². The van der Waals surface area contributed by atoms with Gasteiger partial charge in [-0.15, -0.1) is 0 Å². The number of rotatable bonds is 3. The SMILES string of the molecule is Cc1cn2cc(C(=O)Nc3ccnc(C4(C)CC(=O)N(C)C(N)=N4)c3)ncc2n1. The summed E-state index contributed by atoms with van der Waals surface area (Å²) >= 11 is 0. The predicted octanol–water partition coefficient (Wildman–Crippen LogP) is 1.08. The Morgan fingerprint density at radius 3 is 2.86 bits per heavy atom. The molecule has 1 aliphatic heterocycles. The van der Waals surface area contributed by atoms with Gasteiger partial charge in [-0.25, -0.2) is 15.0 Å². The Labute approximate surface area is 166 Å². The summed E-state index contributed by atoms with van der Waals surface area (Å²) in [5, 5.41) is 2.81. The summed E-state index contributed by atoms with van der Waals surface area (Å²) in [4.78, 5) is 43.4. The van der Waals surface area contributed by atoms with Crippen LogP contribution in [0.3, 0.4) is 0 Å². The zero-order valence-corrected chi connectivity index (χ0v) is 16.2. The average Bonchev–Trinajstić information content (AvgIpc) is 3.05. The van der Waals surface area contributed by atoms with Crippen LogP contribution in [0, 0.1) is 6.92 Å². The van der Waals surface area contributed by atoms with E-state index in [0.29, 0.717) is 17.0 Å². The maximum absolute atomic E-state index is 12.6. The minimum atomic E-state index is -0.903. The number of fused-ring (bicyclic) bond motifs is 1. The Hall–Kier alpha value is -3.82. The fraction of sp³-hybridized carbons (Fsp3) is 0.263. The number of hydrogen-bond acceptors (Lipinski definition) is 7. The fourth-order valence-corrected chi connectivity index (χ4v) is 3.20. The van der Waals surface area contributed by atoms with Gasteiger partial charge >= 0.3 is 0 Å². The fourth-order valence-electron chi connectivity index (χ4n) is 3.20. The molecule has 1 unspecified atom stereocenters. The van der Waals surface area contributed by atoms with Gasteiger partial charge in [-0.1, -0.05) is 0 Å². The molecule has 1 aliphatic rings. The molecular weight excluding hydrogens is 372 g/mol. The van der Waals surface area contributed by atoms with Crippen molar-refractivity contribution in [3.63, 3.8) is 0 Å². The largest absolute Gasteiger partial charge is 0.369 e. The van der Waals surface area contributed by atoms with E-state index in [1.807, 2.05) is 13.1 Å². The van der Waals surface area contributed by atoms with Crippen LogP contribution in [0.4, 0.5) is 5.69 Å². The van der Waals surface area contributed by atoms with E-state index in [1.165, 1.54) is 4.90 Å². The molecule has 0 bridgehead atoms. The highest BCUT2D eigenvalue weighted by atomic mass is 16.2. The zero-order valence-electron chi connectivity index (χ0n) is 16.2. The highest BCUT2D eigenvalue weighted by Crippen LogP contribution is 2.32. The number of carbonyl (C=O) groups is 2. The van der Waals surface area contributed by atoms with Crippen molar-refractivity contribution in [2.45, 2.75) is 25.8 Å². The first-order valence-electron chi connectivity index (χ1n) is 8.96. The lowest BCUT2D eigenvalue weighted by molar-refractivity contribution is -0.128. The third-order valence-corrected chi connectivity index (χ3v) is 4.84. The molecule has 0 saturated carbocycles. The summed E-state index contributed by atoms with van der Waals surface area (Å²) in [6.07, 6.45) is 6.67. The van der Waals surface area contributed by atoms with Crippen LogP contribution < -0.4 is 11.1 Å². The van der Waals surface area contributed by atoms with Gasteiger partial charge in [-0.2, -0.15) is 0 Å². The second-order valence-corrected chi connectivity index (χ2v) is 7.18. The number of guanidine groups is 1. The Morgan fingerprint density at radius 2 is 2.10 bits per heavy atom. The molecule has 0 saturated heterocycles. The maximum Gasteiger partial charge on any atom is 0.275 e. The van der Waals surface area contributed by atoms with Gasteiger partial charge in [-0.3, -0.25) is 19.5 Å². The Morgan fingerprint density at radius 1 is 1.31 bits per heavy atom. The Kier molecular flexibility index (Phi) is 4.26. The molecule has 10 nitrogen and oxygen atoms in total. The van der Waals surface area contributed by atoms with Gasteiger partial charge < -0.3 is 15.5 Å². The smallest absolute Gasteiger partial charge is 0.275 e. The average molecular weight is 392 g/mol. The van der Waals surface area contributed by atoms with Gasteiger partial charge in [0.25, 0.3) is 5.91 Å². The second kappa shape index (κ2) is 6.66. The summed E-state index contributed by atoms with van der Waals surface area (Å²) in [6, 6.07) is 3.35. The summed E-state index contributed by atoms with van der Waals surface area (Å²) < 4.78 is 1.75. The van der Waals surface area contributed by atoms with E-state index in [1.54, 1.807) is 49.1 Å². The number of imidazole rings is 1. The first-order valence-corrected chi connectivity index (χ1v) is 8.96. The van der Waals surface area contributed by atoms with Crippen LogP contribution in [0.1, 0.15) is 35.2 Å². The molecule has 4 rings (SSSR count). The molecule has 148 valence electrons. The van der Waals surface area contributed by atoms with Crippen LogP contribution in [0.2, 0.25) is 0 Å². The third kappa shape index (κ3) is 3.40. The Balaban J connectivity index is 1.60. The number of nitrogens with one attached hydrogen (secondary N) is 1. The number of nitrogens with two attached hydrogens (primary N) is 1. The normalized spacial score (nSPS) is 19.3. The van der Waals surface area contributed by atoms with Gasteiger partial charge in [0.2, 0.25) is 5.91 Å². The number of aromatic nitrogens is 4. The molecule has 0 radical (unpaired) electrons. The van der Waals surface area contributed by atoms with Crippen molar-refractivity contribution in [1.29, 1.82) is 0 Å². The highest BCUT2D eigenvalue weighted by molar-refractivity contribution is 6.03. The number of hydrogen-bond donors (Lipinski definition) is 2. The molecule has 0 aromatic carbocycles. The van der Waals surface area contributed by atoms with E-state index >= 15 is 0 Å². The minimum absolute atomic E-state index is 0.132. The zero-order chi connectivity index (χ0) is 20.8. The lowest BCUT2D eigenvalue weighted by Crippen LogP contribution is -2.47. The lowest BCUT2D eigenvalue weighted by atomic mass is 9.91. The standard InChI is InChI=1S/C19H20N8O2/c1-11-9-27-10-13(22-8-15(27)23-11)17(29)24-12-4-5-21-14(6-12)19(2)7-16(28)26(3)18(20)25-19/h4-6,8-10H,7H2,1-3H3,(H2,20,25)(H,21,24,29). The van der Waals surface area contributed by atoms with Crippen molar-refractivity contribution >= 4 is 29.1 Å². The highest BCUT2D eigenvalue weighted by Gasteiger charge is 2.37. The van der Waals surface area contributed by atoms with Crippen molar-refractivity contribution in [2.75, 3.05) is 12.4 Å². The first kappa shape index (κ1) is 18.5. The maximum atomic E-state index is 12.6. The summed E-state index contributed by atoms with van der Waals surface area (Å²) in [5.74, 6) is -0.388.